The van der Waals surface area contributed by atoms with Crippen LogP contribution in [0.3, 0.4) is 0 Å². The Kier molecular flexibility index (Phi) is 3.53. The number of hydrogen-bond acceptors (Lipinski definition) is 2. The second kappa shape index (κ2) is 5.16. The van der Waals surface area contributed by atoms with Crippen molar-refractivity contribution < 1.29 is 4.74 Å². The molecule has 0 radical (unpaired) electrons. The molecule has 1 N–H and O–H groups in total. The van der Waals surface area contributed by atoms with Gasteiger partial charge >= 0.3 is 0 Å². The lowest BCUT2D eigenvalue weighted by Gasteiger charge is -2.21. The molecule has 3 rings (SSSR count). The van der Waals surface area contributed by atoms with Crippen LogP contribution in [-0.4, -0.2) is 18.7 Å². The summed E-state index contributed by atoms with van der Waals surface area (Å²) in [6.45, 7) is 7.88. The highest BCUT2D eigenvalue weighted by molar-refractivity contribution is 5.40. The molecule has 1 aliphatic heterocycles. The molecule has 19 heavy (non-hydrogen) atoms. The Morgan fingerprint density at radius 3 is 2.84 bits per heavy atom. The van der Waals surface area contributed by atoms with Gasteiger partial charge < -0.3 is 10.1 Å². The third-order valence-corrected chi connectivity index (χ3v) is 5.03. The topological polar surface area (TPSA) is 21.3 Å². The Hall–Kier alpha value is -1.02. The molecular weight excluding hydrogens is 234 g/mol. The van der Waals surface area contributed by atoms with Gasteiger partial charge in [-0.05, 0) is 43.2 Å². The number of aryl methyl sites for hydroxylation is 1. The number of hydrogen-bond donors (Lipinski definition) is 1. The molecule has 1 saturated carbocycles. The van der Waals surface area contributed by atoms with E-state index in [1.54, 1.807) is 0 Å². The molecular formula is C17H25NO. The van der Waals surface area contributed by atoms with Crippen LogP contribution in [-0.2, 0) is 6.42 Å². The molecule has 1 fully saturated rings. The van der Waals surface area contributed by atoms with Crippen molar-refractivity contribution in [3.63, 3.8) is 0 Å². The molecule has 0 bridgehead atoms. The Morgan fingerprint density at radius 1 is 1.26 bits per heavy atom. The molecule has 2 nitrogen and oxygen atoms in total. The van der Waals surface area contributed by atoms with Crippen LogP contribution in [0.2, 0.25) is 0 Å². The van der Waals surface area contributed by atoms with Gasteiger partial charge in [0, 0.05) is 19.0 Å². The van der Waals surface area contributed by atoms with Crippen molar-refractivity contribution in [3.8, 4) is 5.75 Å². The minimum Gasteiger partial charge on any atom is -0.488 e. The number of fused-ring (bicyclic) bond motifs is 1. The first-order valence-corrected chi connectivity index (χ1v) is 7.63. The second-order valence-electron chi connectivity index (χ2n) is 6.48. The molecule has 1 heterocycles. The molecule has 0 saturated heterocycles. The van der Waals surface area contributed by atoms with Gasteiger partial charge in [-0.15, -0.1) is 0 Å². The van der Waals surface area contributed by atoms with E-state index in [0.717, 1.165) is 30.6 Å². The molecule has 0 spiro atoms. The molecule has 104 valence electrons. The third-order valence-electron chi connectivity index (χ3n) is 5.03. The van der Waals surface area contributed by atoms with Crippen LogP contribution in [0, 0.1) is 18.8 Å². The number of rotatable bonds is 3. The average Bonchev–Trinajstić information content (AvgIpc) is 2.92. The van der Waals surface area contributed by atoms with Gasteiger partial charge in [-0.1, -0.05) is 31.5 Å². The number of nitrogens with one attached hydrogen (secondary N) is 1. The van der Waals surface area contributed by atoms with Crippen molar-refractivity contribution in [1.29, 1.82) is 0 Å². The van der Waals surface area contributed by atoms with Crippen LogP contribution >= 0.6 is 0 Å². The highest BCUT2D eigenvalue weighted by Gasteiger charge is 2.31. The van der Waals surface area contributed by atoms with Crippen LogP contribution in [0.25, 0.3) is 0 Å². The monoisotopic (exact) mass is 259 g/mol. The van der Waals surface area contributed by atoms with E-state index >= 15 is 0 Å². The first-order valence-electron chi connectivity index (χ1n) is 7.63. The maximum Gasteiger partial charge on any atom is 0.123 e. The maximum atomic E-state index is 6.02. The van der Waals surface area contributed by atoms with E-state index in [2.05, 4.69) is 44.3 Å². The minimum atomic E-state index is 0.319. The predicted octanol–water partition coefficient (Wildman–Crippen LogP) is 3.32. The average molecular weight is 259 g/mol. The lowest BCUT2D eigenvalue weighted by molar-refractivity contribution is 0.214. The zero-order chi connectivity index (χ0) is 13.4. The zero-order valence-corrected chi connectivity index (χ0v) is 12.3. The van der Waals surface area contributed by atoms with E-state index in [-0.39, 0.29) is 0 Å². The Morgan fingerprint density at radius 2 is 2.11 bits per heavy atom. The summed E-state index contributed by atoms with van der Waals surface area (Å²) >= 11 is 0. The van der Waals surface area contributed by atoms with Crippen molar-refractivity contribution in [2.75, 3.05) is 6.54 Å². The number of benzene rings is 1. The largest absolute Gasteiger partial charge is 0.488 e. The fourth-order valence-corrected chi connectivity index (χ4v) is 3.50. The fraction of sp³-hybridized carbons (Fsp3) is 0.647. The lowest BCUT2D eigenvalue weighted by atomic mass is 9.97. The molecule has 2 aliphatic rings. The molecule has 0 amide bonds. The van der Waals surface area contributed by atoms with Crippen LogP contribution in [0.4, 0.5) is 0 Å². The van der Waals surface area contributed by atoms with Gasteiger partial charge in [0.05, 0.1) is 0 Å². The summed E-state index contributed by atoms with van der Waals surface area (Å²) in [5, 5.41) is 3.73. The third kappa shape index (κ3) is 2.64. The summed E-state index contributed by atoms with van der Waals surface area (Å²) in [5.74, 6) is 2.75. The van der Waals surface area contributed by atoms with Gasteiger partial charge in [0.1, 0.15) is 11.9 Å². The Bertz CT molecular complexity index is 457. The van der Waals surface area contributed by atoms with Crippen LogP contribution in [0.1, 0.15) is 37.8 Å². The zero-order valence-electron chi connectivity index (χ0n) is 12.3. The van der Waals surface area contributed by atoms with Gasteiger partial charge in [0.25, 0.3) is 0 Å². The fourth-order valence-electron chi connectivity index (χ4n) is 3.50. The normalized spacial score (nSPS) is 33.2. The summed E-state index contributed by atoms with van der Waals surface area (Å²) in [7, 11) is 0. The van der Waals surface area contributed by atoms with E-state index in [1.807, 2.05) is 0 Å². The van der Waals surface area contributed by atoms with E-state index in [0.29, 0.717) is 12.1 Å². The van der Waals surface area contributed by atoms with Crippen molar-refractivity contribution in [2.45, 2.75) is 52.2 Å². The van der Waals surface area contributed by atoms with Gasteiger partial charge in [0.15, 0.2) is 0 Å². The van der Waals surface area contributed by atoms with E-state index in [1.165, 1.54) is 24.0 Å². The predicted molar refractivity (Wildman–Crippen MR) is 78.7 cm³/mol. The highest BCUT2D eigenvalue weighted by Crippen LogP contribution is 2.32. The molecule has 0 aromatic heterocycles. The number of ether oxygens (including phenoxy) is 1. The first kappa shape index (κ1) is 13.0. The van der Waals surface area contributed by atoms with Crippen LogP contribution < -0.4 is 10.1 Å². The SMILES string of the molecule is Cc1ccc2c(c1)CC(CNC1CCC(C)C1C)O2. The summed E-state index contributed by atoms with van der Waals surface area (Å²) in [6, 6.07) is 7.19. The van der Waals surface area contributed by atoms with Gasteiger partial charge in [-0.25, -0.2) is 0 Å². The lowest BCUT2D eigenvalue weighted by Crippen LogP contribution is -2.39. The Labute approximate surface area is 116 Å². The van der Waals surface area contributed by atoms with E-state index in [4.69, 9.17) is 4.74 Å². The van der Waals surface area contributed by atoms with Crippen molar-refractivity contribution >= 4 is 0 Å². The maximum absolute atomic E-state index is 6.02. The van der Waals surface area contributed by atoms with Gasteiger partial charge in [-0.3, -0.25) is 0 Å². The van der Waals surface area contributed by atoms with E-state index in [9.17, 15) is 0 Å². The molecule has 2 heteroatoms. The van der Waals surface area contributed by atoms with E-state index < -0.39 is 0 Å². The first-order chi connectivity index (χ1) is 9.13. The molecule has 1 aromatic carbocycles. The second-order valence-corrected chi connectivity index (χ2v) is 6.48. The standard InChI is InChI=1S/C17H25NO/c1-11-4-7-17-14(8-11)9-15(19-17)10-18-16-6-5-12(2)13(16)3/h4,7-8,12-13,15-16,18H,5-6,9-10H2,1-3H3. The molecule has 4 atom stereocenters. The Balaban J connectivity index is 1.54. The van der Waals surface area contributed by atoms with Crippen LogP contribution in [0.5, 0.6) is 5.75 Å². The smallest absolute Gasteiger partial charge is 0.123 e. The quantitative estimate of drug-likeness (QED) is 0.899. The van der Waals surface area contributed by atoms with Gasteiger partial charge in [-0.2, -0.15) is 0 Å². The highest BCUT2D eigenvalue weighted by atomic mass is 16.5. The van der Waals surface area contributed by atoms with Gasteiger partial charge in [0.2, 0.25) is 0 Å². The summed E-state index contributed by atoms with van der Waals surface area (Å²) < 4.78 is 6.02. The summed E-state index contributed by atoms with van der Waals surface area (Å²) in [4.78, 5) is 0. The van der Waals surface area contributed by atoms with Crippen molar-refractivity contribution in [1.82, 2.24) is 5.32 Å². The molecule has 4 unspecified atom stereocenters. The molecule has 1 aliphatic carbocycles. The minimum absolute atomic E-state index is 0.319. The van der Waals surface area contributed by atoms with Crippen molar-refractivity contribution in [2.24, 2.45) is 11.8 Å². The summed E-state index contributed by atoms with van der Waals surface area (Å²) in [5.41, 5.74) is 2.70. The summed E-state index contributed by atoms with van der Waals surface area (Å²) in [6.07, 6.45) is 4.06. The molecule has 1 aromatic rings. The van der Waals surface area contributed by atoms with Crippen molar-refractivity contribution in [3.05, 3.63) is 29.3 Å². The van der Waals surface area contributed by atoms with Crippen LogP contribution in [0.15, 0.2) is 18.2 Å².